The third-order valence-electron chi connectivity index (χ3n) is 1.65. The molecule has 0 amide bonds. The van der Waals surface area contributed by atoms with Crippen molar-refractivity contribution in [1.29, 1.82) is 0 Å². The lowest BCUT2D eigenvalue weighted by atomic mass is 10.2. The molecule has 0 spiro atoms. The average Bonchev–Trinajstić information content (AvgIpc) is 2.06. The van der Waals surface area contributed by atoms with Gasteiger partial charge in [0.25, 0.3) is 0 Å². The fraction of sp³-hybridized carbons (Fsp3) is 0.800. The molecule has 0 radical (unpaired) electrons. The van der Waals surface area contributed by atoms with E-state index in [9.17, 15) is 0 Å². The van der Waals surface area contributed by atoms with Crippen molar-refractivity contribution in [3.05, 3.63) is 12.2 Å². The summed E-state index contributed by atoms with van der Waals surface area (Å²) in [5.41, 5.74) is 0. The van der Waals surface area contributed by atoms with Crippen LogP contribution in [0.15, 0.2) is 12.2 Å². The Morgan fingerprint density at radius 1 is 1.50 bits per heavy atom. The number of unbranched alkanes of at least 4 members (excludes halogenated alkanes) is 1. The highest BCUT2D eigenvalue weighted by Gasteiger charge is 2.02. The lowest BCUT2D eigenvalue weighted by Gasteiger charge is -2.11. The zero-order chi connectivity index (χ0) is 9.23. The van der Waals surface area contributed by atoms with Crippen LogP contribution in [0.1, 0.15) is 33.1 Å². The normalized spacial score (nSPS) is 13.9. The van der Waals surface area contributed by atoms with E-state index >= 15 is 0 Å². The second-order valence-electron chi connectivity index (χ2n) is 2.80. The maximum Gasteiger partial charge on any atom is 0.0777 e. The van der Waals surface area contributed by atoms with Crippen molar-refractivity contribution in [2.45, 2.75) is 39.2 Å². The molecular formula is C10H20O2. The van der Waals surface area contributed by atoms with E-state index < -0.39 is 0 Å². The van der Waals surface area contributed by atoms with E-state index in [2.05, 4.69) is 6.92 Å². The minimum atomic E-state index is 0.103. The van der Waals surface area contributed by atoms with Gasteiger partial charge in [-0.2, -0.15) is 0 Å². The van der Waals surface area contributed by atoms with Crippen LogP contribution in [0.2, 0.25) is 0 Å². The molecule has 2 heteroatoms. The lowest BCUT2D eigenvalue weighted by Crippen LogP contribution is -2.12. The van der Waals surface area contributed by atoms with Gasteiger partial charge in [0.05, 0.1) is 6.10 Å². The first-order chi connectivity index (χ1) is 5.85. The molecule has 2 nitrogen and oxygen atoms in total. The topological polar surface area (TPSA) is 29.5 Å². The first-order valence-electron chi connectivity index (χ1n) is 4.70. The van der Waals surface area contributed by atoms with Crippen LogP contribution < -0.4 is 0 Å². The summed E-state index contributed by atoms with van der Waals surface area (Å²) in [6.07, 6.45) is 7.01. The van der Waals surface area contributed by atoms with Crippen molar-refractivity contribution in [3.63, 3.8) is 0 Å². The first kappa shape index (κ1) is 11.7. The largest absolute Gasteiger partial charge is 0.396 e. The number of aliphatic hydroxyl groups is 1. The van der Waals surface area contributed by atoms with Gasteiger partial charge in [0.15, 0.2) is 0 Å². The molecule has 12 heavy (non-hydrogen) atoms. The summed E-state index contributed by atoms with van der Waals surface area (Å²) in [5, 5.41) is 8.71. The molecule has 0 aliphatic heterocycles. The van der Waals surface area contributed by atoms with E-state index in [-0.39, 0.29) is 12.7 Å². The van der Waals surface area contributed by atoms with Crippen molar-refractivity contribution in [1.82, 2.24) is 0 Å². The van der Waals surface area contributed by atoms with Gasteiger partial charge in [-0.3, -0.25) is 0 Å². The van der Waals surface area contributed by atoms with Gasteiger partial charge in [-0.15, -0.1) is 0 Å². The molecule has 0 aliphatic carbocycles. The molecular weight excluding hydrogens is 152 g/mol. The molecule has 0 heterocycles. The van der Waals surface area contributed by atoms with Crippen LogP contribution in [0.3, 0.4) is 0 Å². The van der Waals surface area contributed by atoms with E-state index in [0.717, 1.165) is 19.4 Å². The molecule has 0 aliphatic rings. The summed E-state index contributed by atoms with van der Waals surface area (Å²) in [7, 11) is 0. The van der Waals surface area contributed by atoms with Gasteiger partial charge in [-0.1, -0.05) is 25.5 Å². The predicted octanol–water partition coefficient (Wildman–Crippen LogP) is 2.13. The highest BCUT2D eigenvalue weighted by molar-refractivity contribution is 4.86. The number of ether oxygens (including phenoxy) is 1. The fourth-order valence-electron chi connectivity index (χ4n) is 0.956. The predicted molar refractivity (Wildman–Crippen MR) is 51.2 cm³/mol. The van der Waals surface area contributed by atoms with Crippen molar-refractivity contribution in [3.8, 4) is 0 Å². The average molecular weight is 172 g/mol. The maximum absolute atomic E-state index is 8.71. The molecule has 1 unspecified atom stereocenters. The van der Waals surface area contributed by atoms with Crippen LogP contribution in [0.4, 0.5) is 0 Å². The molecule has 1 N–H and O–H groups in total. The molecule has 0 rings (SSSR count). The molecule has 0 saturated carbocycles. The minimum Gasteiger partial charge on any atom is -0.396 e. The van der Waals surface area contributed by atoms with Crippen molar-refractivity contribution < 1.29 is 9.84 Å². The van der Waals surface area contributed by atoms with Gasteiger partial charge < -0.3 is 9.84 Å². The summed E-state index contributed by atoms with van der Waals surface area (Å²) in [4.78, 5) is 0. The van der Waals surface area contributed by atoms with Crippen LogP contribution in [-0.4, -0.2) is 24.4 Å². The third kappa shape index (κ3) is 6.38. The smallest absolute Gasteiger partial charge is 0.0777 e. The quantitative estimate of drug-likeness (QED) is 0.471. The summed E-state index contributed by atoms with van der Waals surface area (Å²) >= 11 is 0. The van der Waals surface area contributed by atoms with E-state index in [1.807, 2.05) is 19.1 Å². The zero-order valence-electron chi connectivity index (χ0n) is 8.12. The second-order valence-corrected chi connectivity index (χ2v) is 2.80. The number of hydrogen-bond acceptors (Lipinski definition) is 2. The maximum atomic E-state index is 8.71. The van der Waals surface area contributed by atoms with Crippen molar-refractivity contribution in [2.24, 2.45) is 0 Å². The van der Waals surface area contributed by atoms with E-state index in [1.165, 1.54) is 0 Å². The van der Waals surface area contributed by atoms with Crippen LogP contribution in [0.25, 0.3) is 0 Å². The van der Waals surface area contributed by atoms with Crippen LogP contribution in [-0.2, 0) is 4.74 Å². The van der Waals surface area contributed by atoms with Gasteiger partial charge in [-0.05, 0) is 13.3 Å². The molecule has 72 valence electrons. The summed E-state index contributed by atoms with van der Waals surface area (Å²) < 4.78 is 5.52. The number of hydrogen-bond donors (Lipinski definition) is 1. The Morgan fingerprint density at radius 3 is 2.75 bits per heavy atom. The highest BCUT2D eigenvalue weighted by atomic mass is 16.5. The Kier molecular flexibility index (Phi) is 8.51. The molecule has 0 bridgehead atoms. The molecule has 0 aromatic heterocycles. The van der Waals surface area contributed by atoms with Crippen LogP contribution in [0, 0.1) is 0 Å². The van der Waals surface area contributed by atoms with Crippen molar-refractivity contribution >= 4 is 0 Å². The number of allylic oxidation sites excluding steroid dienone is 1. The summed E-state index contributed by atoms with van der Waals surface area (Å²) in [5.74, 6) is 0. The van der Waals surface area contributed by atoms with Gasteiger partial charge in [0.1, 0.15) is 0 Å². The Labute approximate surface area is 75.2 Å². The van der Waals surface area contributed by atoms with Gasteiger partial charge in [-0.25, -0.2) is 0 Å². The Morgan fingerprint density at radius 2 is 2.25 bits per heavy atom. The Balaban J connectivity index is 3.48. The molecule has 1 atom stereocenters. The standard InChI is InChI=1S/C10H20O2/c1-3-5-9-12-10(6-4-2)7-8-11/h4,6,10-11H,3,5,7-9H2,1-2H3. The monoisotopic (exact) mass is 172 g/mol. The highest BCUT2D eigenvalue weighted by Crippen LogP contribution is 2.01. The number of aliphatic hydroxyl groups excluding tert-OH is 1. The zero-order valence-corrected chi connectivity index (χ0v) is 8.12. The third-order valence-corrected chi connectivity index (χ3v) is 1.65. The van der Waals surface area contributed by atoms with Crippen LogP contribution >= 0.6 is 0 Å². The summed E-state index contributed by atoms with van der Waals surface area (Å²) in [6, 6.07) is 0. The fourth-order valence-corrected chi connectivity index (χ4v) is 0.956. The van der Waals surface area contributed by atoms with Gasteiger partial charge in [0.2, 0.25) is 0 Å². The summed E-state index contributed by atoms with van der Waals surface area (Å²) in [6.45, 7) is 5.10. The molecule has 0 aromatic carbocycles. The molecule has 0 fully saturated rings. The molecule has 0 aromatic rings. The van der Waals surface area contributed by atoms with E-state index in [1.54, 1.807) is 0 Å². The first-order valence-corrected chi connectivity index (χ1v) is 4.70. The van der Waals surface area contributed by atoms with Gasteiger partial charge in [0, 0.05) is 19.6 Å². The minimum absolute atomic E-state index is 0.103. The second kappa shape index (κ2) is 8.75. The Hall–Kier alpha value is -0.340. The SMILES string of the molecule is CC=CC(CCO)OCCCC. The number of rotatable bonds is 7. The Bertz CT molecular complexity index is 110. The van der Waals surface area contributed by atoms with Crippen LogP contribution in [0.5, 0.6) is 0 Å². The van der Waals surface area contributed by atoms with E-state index in [0.29, 0.717) is 6.42 Å². The van der Waals surface area contributed by atoms with E-state index in [4.69, 9.17) is 9.84 Å². The lowest BCUT2D eigenvalue weighted by molar-refractivity contribution is 0.0643. The molecule has 0 saturated heterocycles. The van der Waals surface area contributed by atoms with Gasteiger partial charge >= 0.3 is 0 Å². The van der Waals surface area contributed by atoms with Crippen molar-refractivity contribution in [2.75, 3.05) is 13.2 Å².